The lowest BCUT2D eigenvalue weighted by atomic mass is 9.93. The zero-order valence-electron chi connectivity index (χ0n) is 20.2. The van der Waals surface area contributed by atoms with Gasteiger partial charge in [-0.3, -0.25) is 19.3 Å². The predicted octanol–water partition coefficient (Wildman–Crippen LogP) is 6.58. The van der Waals surface area contributed by atoms with Crippen molar-refractivity contribution in [1.82, 2.24) is 9.88 Å². The first-order valence-electron chi connectivity index (χ1n) is 12.0. The van der Waals surface area contributed by atoms with Gasteiger partial charge in [0.15, 0.2) is 0 Å². The molecule has 37 heavy (non-hydrogen) atoms. The van der Waals surface area contributed by atoms with Crippen molar-refractivity contribution in [2.75, 3.05) is 6.54 Å². The van der Waals surface area contributed by atoms with E-state index in [2.05, 4.69) is 4.98 Å². The minimum Gasteiger partial charge on any atom is -0.426 e. The van der Waals surface area contributed by atoms with Crippen molar-refractivity contribution in [1.29, 1.82) is 0 Å². The fourth-order valence-electron chi connectivity index (χ4n) is 4.26. The molecule has 0 spiro atoms. The fourth-order valence-corrected chi connectivity index (χ4v) is 6.36. The number of rotatable bonds is 9. The van der Waals surface area contributed by atoms with Gasteiger partial charge in [-0.15, -0.1) is 0 Å². The van der Waals surface area contributed by atoms with Crippen LogP contribution >= 0.6 is 21.6 Å². The van der Waals surface area contributed by atoms with E-state index in [0.717, 1.165) is 28.3 Å². The van der Waals surface area contributed by atoms with E-state index < -0.39 is 5.97 Å². The summed E-state index contributed by atoms with van der Waals surface area (Å²) in [4.78, 5) is 45.8. The second kappa shape index (κ2) is 11.2. The molecular weight excluding hydrogens is 504 g/mol. The van der Waals surface area contributed by atoms with Crippen LogP contribution in [0.25, 0.3) is 10.8 Å². The van der Waals surface area contributed by atoms with Crippen molar-refractivity contribution in [3.05, 3.63) is 95.7 Å². The number of unbranched alkanes of at least 4 members (excludes halogenated alkanes) is 1. The number of carbonyl (C=O) groups excluding carboxylic acids is 3. The second-order valence-corrected chi connectivity index (χ2v) is 10.7. The third-order valence-electron chi connectivity index (χ3n) is 6.07. The lowest BCUT2D eigenvalue weighted by Crippen LogP contribution is -2.40. The predicted molar refractivity (Wildman–Crippen MR) is 146 cm³/mol. The molecule has 0 unspecified atom stereocenters. The Morgan fingerprint density at radius 2 is 1.68 bits per heavy atom. The van der Waals surface area contributed by atoms with Gasteiger partial charge in [-0.1, -0.05) is 60.5 Å². The number of hydrogen-bond acceptors (Lipinski definition) is 7. The average molecular weight is 529 g/mol. The van der Waals surface area contributed by atoms with E-state index in [1.54, 1.807) is 36.5 Å². The molecule has 4 aromatic rings. The molecule has 0 radical (unpaired) electrons. The highest BCUT2D eigenvalue weighted by molar-refractivity contribution is 8.76. The van der Waals surface area contributed by atoms with Gasteiger partial charge >= 0.3 is 5.97 Å². The molecule has 0 saturated carbocycles. The zero-order valence-corrected chi connectivity index (χ0v) is 21.8. The summed E-state index contributed by atoms with van der Waals surface area (Å²) in [5.74, 6) is -0.705. The molecule has 2 amide bonds. The van der Waals surface area contributed by atoms with Crippen molar-refractivity contribution in [2.24, 2.45) is 0 Å². The normalized spacial score (nSPS) is 12.7. The molecule has 0 aliphatic carbocycles. The molecule has 0 saturated heterocycles. The Labute approximate surface area is 222 Å². The number of nitrogens with zero attached hydrogens (tertiary/aromatic N) is 2. The zero-order chi connectivity index (χ0) is 25.8. The third-order valence-corrected chi connectivity index (χ3v) is 8.45. The van der Waals surface area contributed by atoms with Crippen LogP contribution in [0.1, 0.15) is 46.0 Å². The van der Waals surface area contributed by atoms with E-state index in [-0.39, 0.29) is 18.2 Å². The summed E-state index contributed by atoms with van der Waals surface area (Å²) < 4.78 is 5.79. The highest BCUT2D eigenvalue weighted by Crippen LogP contribution is 2.39. The number of pyridine rings is 1. The average Bonchev–Trinajstić information content (AvgIpc) is 2.92. The largest absolute Gasteiger partial charge is 0.426 e. The summed E-state index contributed by atoms with van der Waals surface area (Å²) in [6, 6.07) is 22.0. The lowest BCUT2D eigenvalue weighted by Gasteiger charge is -2.27. The molecule has 1 aliphatic rings. The number of amides is 2. The van der Waals surface area contributed by atoms with Crippen molar-refractivity contribution in [3.63, 3.8) is 0 Å². The number of ether oxygens (including phenoxy) is 1. The molecule has 5 rings (SSSR count). The quantitative estimate of drug-likeness (QED) is 0.105. The van der Waals surface area contributed by atoms with Gasteiger partial charge in [0.2, 0.25) is 0 Å². The van der Waals surface area contributed by atoms with Gasteiger partial charge in [-0.25, -0.2) is 4.98 Å². The van der Waals surface area contributed by atoms with Gasteiger partial charge in [-0.2, -0.15) is 0 Å². The van der Waals surface area contributed by atoms with E-state index in [1.165, 1.54) is 26.5 Å². The van der Waals surface area contributed by atoms with E-state index >= 15 is 0 Å². The fraction of sp³-hybridized carbons (Fsp3) is 0.172. The molecule has 0 bridgehead atoms. The van der Waals surface area contributed by atoms with Crippen LogP contribution in [0.3, 0.4) is 0 Å². The van der Waals surface area contributed by atoms with E-state index in [4.69, 9.17) is 4.74 Å². The smallest absolute Gasteiger partial charge is 0.315 e. The van der Waals surface area contributed by atoms with Crippen LogP contribution < -0.4 is 4.74 Å². The highest BCUT2D eigenvalue weighted by Gasteiger charge is 2.33. The first-order chi connectivity index (χ1) is 18.1. The highest BCUT2D eigenvalue weighted by atomic mass is 33.1. The van der Waals surface area contributed by atoms with Crippen molar-refractivity contribution >= 4 is 50.1 Å². The van der Waals surface area contributed by atoms with Crippen LogP contribution in [-0.4, -0.2) is 34.2 Å². The number of carbonyl (C=O) groups is 3. The number of benzene rings is 3. The maximum atomic E-state index is 13.1. The first-order valence-corrected chi connectivity index (χ1v) is 14.2. The molecular formula is C29H24N2O4S2. The van der Waals surface area contributed by atoms with Crippen LogP contribution in [0, 0.1) is 0 Å². The molecule has 0 fully saturated rings. The number of imide groups is 1. The third kappa shape index (κ3) is 5.26. The van der Waals surface area contributed by atoms with Crippen LogP contribution in [-0.2, 0) is 11.2 Å². The Balaban J connectivity index is 1.37. The summed E-state index contributed by atoms with van der Waals surface area (Å²) in [5, 5.41) is 2.00. The van der Waals surface area contributed by atoms with E-state index in [9.17, 15) is 14.4 Å². The van der Waals surface area contributed by atoms with Gasteiger partial charge in [0, 0.05) is 39.5 Å². The molecule has 0 atom stereocenters. The standard InChI is InChI=1S/C29H24N2O4S2/c1-2-3-17-31-28(33)21-11-8-10-20-23(15-14-22(27(20)21)29(31)34)35-26(32)18-19-9-4-5-12-24(19)36-37-25-13-6-7-16-30-25/h4-16H,2-3,17-18H2,1H3. The van der Waals surface area contributed by atoms with E-state index in [0.29, 0.717) is 34.2 Å². The van der Waals surface area contributed by atoms with Gasteiger partial charge < -0.3 is 4.74 Å². The van der Waals surface area contributed by atoms with Crippen LogP contribution in [0.15, 0.2) is 88.9 Å². The SMILES string of the molecule is CCCCN1C(=O)c2cccc3c(OC(=O)Cc4ccccc4SSc4ccccn4)ccc(c23)C1=O. The maximum absolute atomic E-state index is 13.1. The summed E-state index contributed by atoms with van der Waals surface area (Å²) in [5.41, 5.74) is 1.75. The van der Waals surface area contributed by atoms with Crippen LogP contribution in [0.2, 0.25) is 0 Å². The number of aromatic nitrogens is 1. The van der Waals surface area contributed by atoms with Crippen molar-refractivity contribution < 1.29 is 19.1 Å². The van der Waals surface area contributed by atoms with Crippen LogP contribution in [0.5, 0.6) is 5.75 Å². The molecule has 6 nitrogen and oxygen atoms in total. The topological polar surface area (TPSA) is 76.6 Å². The lowest BCUT2D eigenvalue weighted by molar-refractivity contribution is -0.133. The molecule has 8 heteroatoms. The Kier molecular flexibility index (Phi) is 7.58. The number of hydrogen-bond donors (Lipinski definition) is 0. The first kappa shape index (κ1) is 25.0. The Hall–Kier alpha value is -3.62. The monoisotopic (exact) mass is 528 g/mol. The Bertz CT molecular complexity index is 1470. The number of esters is 1. The van der Waals surface area contributed by atoms with Crippen molar-refractivity contribution in [3.8, 4) is 5.75 Å². The second-order valence-electron chi connectivity index (χ2n) is 8.55. The summed E-state index contributed by atoms with van der Waals surface area (Å²) in [7, 11) is 3.06. The minimum atomic E-state index is -0.422. The summed E-state index contributed by atoms with van der Waals surface area (Å²) in [6.07, 6.45) is 3.46. The molecule has 0 N–H and O–H groups in total. The van der Waals surface area contributed by atoms with Crippen molar-refractivity contribution in [2.45, 2.75) is 36.1 Å². The van der Waals surface area contributed by atoms with Gasteiger partial charge in [-0.05, 0) is 59.2 Å². The van der Waals surface area contributed by atoms with E-state index in [1.807, 2.05) is 49.4 Å². The van der Waals surface area contributed by atoms with Gasteiger partial charge in [0.25, 0.3) is 11.8 Å². The Morgan fingerprint density at radius 1 is 0.892 bits per heavy atom. The van der Waals surface area contributed by atoms with Gasteiger partial charge in [0.05, 0.1) is 6.42 Å². The maximum Gasteiger partial charge on any atom is 0.315 e. The molecule has 1 aromatic heterocycles. The van der Waals surface area contributed by atoms with Gasteiger partial charge in [0.1, 0.15) is 10.8 Å². The summed E-state index contributed by atoms with van der Waals surface area (Å²) >= 11 is 0. The molecule has 186 valence electrons. The Morgan fingerprint density at radius 3 is 2.46 bits per heavy atom. The minimum absolute atomic E-state index is 0.0809. The molecule has 3 aromatic carbocycles. The molecule has 1 aliphatic heterocycles. The summed E-state index contributed by atoms with van der Waals surface area (Å²) in [6.45, 7) is 2.40. The molecule has 2 heterocycles. The van der Waals surface area contributed by atoms with Crippen LogP contribution in [0.4, 0.5) is 0 Å².